The zero-order valence-electron chi connectivity index (χ0n) is 16.8. The molecular weight excluding hydrogens is 380 g/mol. The molecule has 2 rings (SSSR count). The molecule has 0 aliphatic heterocycles. The Morgan fingerprint density at radius 3 is 2.52 bits per heavy atom. The van der Waals surface area contributed by atoms with Gasteiger partial charge in [-0.3, -0.25) is 9.59 Å². The molecule has 0 amide bonds. The molecule has 0 bridgehead atoms. The maximum Gasteiger partial charge on any atom is 0.334 e. The Hall–Kier alpha value is -2.55. The largest absolute Gasteiger partial charge is 0.508 e. The van der Waals surface area contributed by atoms with Crippen molar-refractivity contribution >= 4 is 17.5 Å². The van der Waals surface area contributed by atoms with E-state index in [1.165, 1.54) is 13.0 Å². The predicted molar refractivity (Wildman–Crippen MR) is 103 cm³/mol. The van der Waals surface area contributed by atoms with Gasteiger partial charge in [-0.15, -0.1) is 0 Å². The van der Waals surface area contributed by atoms with Crippen LogP contribution in [0.3, 0.4) is 0 Å². The molecule has 8 nitrogen and oxygen atoms in total. The quantitative estimate of drug-likeness (QED) is 0.301. The van der Waals surface area contributed by atoms with Gasteiger partial charge in [0.05, 0.1) is 17.8 Å². The molecular formula is C21H26O8. The lowest BCUT2D eigenvalue weighted by atomic mass is 9.69. The van der Waals surface area contributed by atoms with Crippen molar-refractivity contribution in [1.29, 1.82) is 0 Å². The summed E-state index contributed by atoms with van der Waals surface area (Å²) in [6.07, 6.45) is -1.51. The van der Waals surface area contributed by atoms with E-state index in [0.29, 0.717) is 0 Å². The molecule has 2 aliphatic carbocycles. The lowest BCUT2D eigenvalue weighted by Gasteiger charge is -2.42. The van der Waals surface area contributed by atoms with Crippen molar-refractivity contribution in [2.75, 3.05) is 0 Å². The molecule has 0 saturated carbocycles. The first-order valence-electron chi connectivity index (χ1n) is 9.25. The van der Waals surface area contributed by atoms with E-state index in [1.807, 2.05) is 0 Å². The molecule has 4 atom stereocenters. The van der Waals surface area contributed by atoms with E-state index < -0.39 is 58.4 Å². The number of aliphatic hydroxyl groups is 4. The fourth-order valence-electron chi connectivity index (χ4n) is 3.25. The highest BCUT2D eigenvalue weighted by molar-refractivity contribution is 6.21. The number of ether oxygens (including phenoxy) is 1. The van der Waals surface area contributed by atoms with Gasteiger partial charge in [-0.25, -0.2) is 4.79 Å². The summed E-state index contributed by atoms with van der Waals surface area (Å²) in [5.74, 6) is -3.76. The number of allylic oxidation sites excluding steroid dienone is 3. The molecule has 29 heavy (non-hydrogen) atoms. The summed E-state index contributed by atoms with van der Waals surface area (Å²) in [6, 6.07) is 0. The molecule has 158 valence electrons. The van der Waals surface area contributed by atoms with Gasteiger partial charge < -0.3 is 25.2 Å². The summed E-state index contributed by atoms with van der Waals surface area (Å²) in [4.78, 5) is 38.5. The van der Waals surface area contributed by atoms with E-state index in [1.54, 1.807) is 26.8 Å². The molecule has 3 unspecified atom stereocenters. The minimum atomic E-state index is -2.83. The van der Waals surface area contributed by atoms with Gasteiger partial charge in [0.15, 0.2) is 5.60 Å². The van der Waals surface area contributed by atoms with Gasteiger partial charge in [-0.2, -0.15) is 0 Å². The SMILES string of the molecule is C/C=C(\C)C(=O)OC1C(=O)C2=C(C(=O)C1(O)[C@H](O)CC=C(C)C)C(O)=CCC2O. The molecule has 0 aromatic rings. The van der Waals surface area contributed by atoms with Crippen molar-refractivity contribution in [3.8, 4) is 0 Å². The van der Waals surface area contributed by atoms with Crippen LogP contribution in [-0.2, 0) is 19.1 Å². The van der Waals surface area contributed by atoms with Gasteiger partial charge in [0.1, 0.15) is 5.76 Å². The van der Waals surface area contributed by atoms with Crippen LogP contribution in [0.15, 0.2) is 46.3 Å². The molecule has 0 aromatic heterocycles. The van der Waals surface area contributed by atoms with Crippen LogP contribution in [0, 0.1) is 0 Å². The number of aliphatic hydroxyl groups excluding tert-OH is 3. The third kappa shape index (κ3) is 3.96. The average Bonchev–Trinajstić information content (AvgIpc) is 2.68. The van der Waals surface area contributed by atoms with Crippen molar-refractivity contribution in [2.45, 2.75) is 64.4 Å². The molecule has 0 aromatic carbocycles. The zero-order chi connectivity index (χ0) is 22.1. The molecule has 4 N–H and O–H groups in total. The predicted octanol–water partition coefficient (Wildman–Crippen LogP) is 0.968. The standard InChI is InChI=1S/C21H26O8/c1-5-11(4)20(27)29-19-17(25)15-12(22)7-8-13(23)16(15)18(26)21(19,28)14(24)9-6-10(2)3/h5-6,8,12,14,19,22-24,28H,7,9H2,1-4H3/b11-5+/t12?,14-,19?,21?/m1/s1. The van der Waals surface area contributed by atoms with Crippen LogP contribution in [0.25, 0.3) is 0 Å². The van der Waals surface area contributed by atoms with Gasteiger partial charge in [0, 0.05) is 11.1 Å². The number of rotatable bonds is 5. The van der Waals surface area contributed by atoms with Crippen LogP contribution in [0.4, 0.5) is 0 Å². The number of carbonyl (C=O) groups excluding carboxylic acids is 3. The van der Waals surface area contributed by atoms with E-state index in [0.717, 1.165) is 11.6 Å². The van der Waals surface area contributed by atoms with Gasteiger partial charge in [-0.1, -0.05) is 17.7 Å². The highest BCUT2D eigenvalue weighted by atomic mass is 16.6. The average molecular weight is 406 g/mol. The number of ketones is 2. The Labute approximate surface area is 168 Å². The van der Waals surface area contributed by atoms with Crippen molar-refractivity contribution in [3.05, 3.63) is 46.3 Å². The Kier molecular flexibility index (Phi) is 6.62. The van der Waals surface area contributed by atoms with Crippen LogP contribution in [-0.4, -0.2) is 61.9 Å². The lowest BCUT2D eigenvalue weighted by Crippen LogP contribution is -2.66. The van der Waals surface area contributed by atoms with Crippen molar-refractivity contribution in [2.24, 2.45) is 0 Å². The molecule has 2 aliphatic rings. The van der Waals surface area contributed by atoms with Gasteiger partial charge in [0.25, 0.3) is 0 Å². The van der Waals surface area contributed by atoms with Crippen LogP contribution in [0.1, 0.15) is 40.5 Å². The molecule has 0 radical (unpaired) electrons. The zero-order valence-corrected chi connectivity index (χ0v) is 16.8. The summed E-state index contributed by atoms with van der Waals surface area (Å²) in [5, 5.41) is 42.2. The second-order valence-electron chi connectivity index (χ2n) is 7.44. The maximum absolute atomic E-state index is 13.1. The van der Waals surface area contributed by atoms with E-state index in [4.69, 9.17) is 4.74 Å². The van der Waals surface area contributed by atoms with Crippen LogP contribution >= 0.6 is 0 Å². The highest BCUT2D eigenvalue weighted by Crippen LogP contribution is 2.40. The van der Waals surface area contributed by atoms with Crippen molar-refractivity contribution in [3.63, 3.8) is 0 Å². The number of esters is 1. The van der Waals surface area contributed by atoms with E-state index >= 15 is 0 Å². The summed E-state index contributed by atoms with van der Waals surface area (Å²) in [7, 11) is 0. The van der Waals surface area contributed by atoms with Crippen molar-refractivity contribution < 1.29 is 39.5 Å². The molecule has 0 heterocycles. The van der Waals surface area contributed by atoms with Crippen LogP contribution < -0.4 is 0 Å². The van der Waals surface area contributed by atoms with Crippen LogP contribution in [0.2, 0.25) is 0 Å². The summed E-state index contributed by atoms with van der Waals surface area (Å²) in [6.45, 7) is 6.47. The topological polar surface area (TPSA) is 141 Å². The second kappa shape index (κ2) is 8.44. The lowest BCUT2D eigenvalue weighted by molar-refractivity contribution is -0.188. The minimum Gasteiger partial charge on any atom is -0.508 e. The van der Waals surface area contributed by atoms with Crippen LogP contribution in [0.5, 0.6) is 0 Å². The smallest absolute Gasteiger partial charge is 0.334 e. The summed E-state index contributed by atoms with van der Waals surface area (Å²) >= 11 is 0. The number of Topliss-reactive ketones (excluding diaryl/α,β-unsaturated/α-hetero) is 2. The summed E-state index contributed by atoms with van der Waals surface area (Å²) < 4.78 is 5.15. The Bertz CT molecular complexity index is 856. The monoisotopic (exact) mass is 406 g/mol. The van der Waals surface area contributed by atoms with Gasteiger partial charge >= 0.3 is 5.97 Å². The van der Waals surface area contributed by atoms with Gasteiger partial charge in [-0.05, 0) is 46.6 Å². The first-order valence-corrected chi connectivity index (χ1v) is 9.25. The normalized spacial score (nSPS) is 28.5. The van der Waals surface area contributed by atoms with E-state index in [-0.39, 0.29) is 18.4 Å². The maximum atomic E-state index is 13.1. The van der Waals surface area contributed by atoms with Gasteiger partial charge in [0.2, 0.25) is 17.7 Å². The third-order valence-electron chi connectivity index (χ3n) is 5.12. The van der Waals surface area contributed by atoms with E-state index in [9.17, 15) is 34.8 Å². The molecule has 0 saturated heterocycles. The summed E-state index contributed by atoms with van der Waals surface area (Å²) in [5.41, 5.74) is -2.92. The second-order valence-corrected chi connectivity index (χ2v) is 7.44. The van der Waals surface area contributed by atoms with Crippen molar-refractivity contribution in [1.82, 2.24) is 0 Å². The Balaban J connectivity index is 2.64. The fraction of sp³-hybridized carbons (Fsp3) is 0.476. The molecule has 0 fully saturated rings. The first kappa shape index (κ1) is 22.7. The number of hydrogen-bond donors (Lipinski definition) is 4. The van der Waals surface area contributed by atoms with E-state index in [2.05, 4.69) is 0 Å². The Morgan fingerprint density at radius 1 is 1.34 bits per heavy atom. The fourth-order valence-corrected chi connectivity index (χ4v) is 3.25. The molecule has 0 spiro atoms. The third-order valence-corrected chi connectivity index (χ3v) is 5.12. The minimum absolute atomic E-state index is 0.123. The highest BCUT2D eigenvalue weighted by Gasteiger charge is 2.61. The number of carbonyl (C=O) groups is 3. The molecule has 8 heteroatoms. The first-order chi connectivity index (χ1) is 13.5. The Morgan fingerprint density at radius 2 is 1.97 bits per heavy atom. The number of hydrogen-bond acceptors (Lipinski definition) is 8.